The highest BCUT2D eigenvalue weighted by molar-refractivity contribution is 4.86. The van der Waals surface area contributed by atoms with Crippen LogP contribution in [-0.2, 0) is 0 Å². The van der Waals surface area contributed by atoms with Crippen LogP contribution in [0.15, 0.2) is 0 Å². The van der Waals surface area contributed by atoms with E-state index in [1.807, 2.05) is 0 Å². The van der Waals surface area contributed by atoms with Gasteiger partial charge in [-0.05, 0) is 37.0 Å². The summed E-state index contributed by atoms with van der Waals surface area (Å²) in [5.41, 5.74) is 6.03. The molecule has 0 radical (unpaired) electrons. The second-order valence-electron chi connectivity index (χ2n) is 5.02. The summed E-state index contributed by atoms with van der Waals surface area (Å²) in [4.78, 5) is 0. The summed E-state index contributed by atoms with van der Waals surface area (Å²) in [5, 5.41) is 0. The van der Waals surface area contributed by atoms with Crippen LogP contribution in [0.4, 0.5) is 0 Å². The number of hydrogen-bond donors (Lipinski definition) is 1. The lowest BCUT2D eigenvalue weighted by atomic mass is 9.67. The molecule has 2 aliphatic carbocycles. The van der Waals surface area contributed by atoms with E-state index in [0.717, 1.165) is 17.8 Å². The summed E-state index contributed by atoms with van der Waals surface area (Å²) in [6.07, 6.45) is 8.50. The minimum atomic E-state index is 0.513. The van der Waals surface area contributed by atoms with E-state index in [1.54, 1.807) is 0 Å². The van der Waals surface area contributed by atoms with E-state index >= 15 is 0 Å². The molecular weight excluding hydrogens is 146 g/mol. The van der Waals surface area contributed by atoms with Gasteiger partial charge in [0.25, 0.3) is 0 Å². The molecule has 0 heterocycles. The van der Waals surface area contributed by atoms with E-state index in [0.29, 0.717) is 6.04 Å². The fourth-order valence-electron chi connectivity index (χ4n) is 3.01. The Morgan fingerprint density at radius 1 is 1.00 bits per heavy atom. The lowest BCUT2D eigenvalue weighted by Crippen LogP contribution is -2.36. The number of rotatable bonds is 1. The molecule has 2 rings (SSSR count). The largest absolute Gasteiger partial charge is 0.328 e. The zero-order chi connectivity index (χ0) is 8.55. The highest BCUT2D eigenvalue weighted by atomic mass is 14.6. The topological polar surface area (TPSA) is 26.0 Å². The molecule has 0 aromatic rings. The summed E-state index contributed by atoms with van der Waals surface area (Å²) >= 11 is 0. The molecule has 0 amide bonds. The average Bonchev–Trinajstić information content (AvgIpc) is 1.79. The van der Waals surface area contributed by atoms with Crippen LogP contribution in [0.2, 0.25) is 0 Å². The Labute approximate surface area is 75.7 Å². The van der Waals surface area contributed by atoms with Gasteiger partial charge in [0.05, 0.1) is 0 Å². The zero-order valence-corrected chi connectivity index (χ0v) is 8.13. The van der Waals surface area contributed by atoms with Gasteiger partial charge in [-0.25, -0.2) is 0 Å². The summed E-state index contributed by atoms with van der Waals surface area (Å²) in [7, 11) is 0. The number of hydrogen-bond acceptors (Lipinski definition) is 1. The van der Waals surface area contributed by atoms with Crippen LogP contribution >= 0.6 is 0 Å². The fraction of sp³-hybridized carbons (Fsp3) is 1.00. The van der Waals surface area contributed by atoms with E-state index in [2.05, 4.69) is 6.92 Å². The van der Waals surface area contributed by atoms with Crippen LogP contribution in [0.1, 0.15) is 45.4 Å². The first-order valence-corrected chi connectivity index (χ1v) is 5.51. The quantitative estimate of drug-likeness (QED) is 0.638. The molecule has 12 heavy (non-hydrogen) atoms. The van der Waals surface area contributed by atoms with Gasteiger partial charge >= 0.3 is 0 Å². The standard InChI is InChI=1S/C11H21N/c1-8-5-10(7-11(12)6-8)9-3-2-4-9/h8-11H,2-7,12H2,1H3. The third-order valence-corrected chi connectivity index (χ3v) is 3.83. The number of nitrogens with two attached hydrogens (primary N) is 1. The van der Waals surface area contributed by atoms with Crippen molar-refractivity contribution in [2.45, 2.75) is 51.5 Å². The smallest absolute Gasteiger partial charge is 0.00441 e. The van der Waals surface area contributed by atoms with Crippen molar-refractivity contribution in [1.29, 1.82) is 0 Å². The lowest BCUT2D eigenvalue weighted by Gasteiger charge is -2.40. The van der Waals surface area contributed by atoms with Gasteiger partial charge in [-0.1, -0.05) is 26.2 Å². The molecule has 70 valence electrons. The molecule has 2 aliphatic rings. The third kappa shape index (κ3) is 1.66. The second kappa shape index (κ2) is 3.37. The Bertz CT molecular complexity index is 141. The molecule has 1 heteroatoms. The molecule has 3 atom stereocenters. The Morgan fingerprint density at radius 2 is 1.75 bits per heavy atom. The van der Waals surface area contributed by atoms with Crippen molar-refractivity contribution in [3.63, 3.8) is 0 Å². The maximum Gasteiger partial charge on any atom is 0.00441 e. The van der Waals surface area contributed by atoms with Crippen molar-refractivity contribution in [3.05, 3.63) is 0 Å². The Kier molecular flexibility index (Phi) is 2.40. The minimum absolute atomic E-state index is 0.513. The molecule has 1 nitrogen and oxygen atoms in total. The summed E-state index contributed by atoms with van der Waals surface area (Å²) in [6, 6.07) is 0.513. The molecule has 0 aliphatic heterocycles. The highest BCUT2D eigenvalue weighted by Gasteiger charge is 2.32. The summed E-state index contributed by atoms with van der Waals surface area (Å²) in [6.45, 7) is 2.37. The van der Waals surface area contributed by atoms with Crippen molar-refractivity contribution in [1.82, 2.24) is 0 Å². The first-order valence-electron chi connectivity index (χ1n) is 5.51. The molecule has 2 fully saturated rings. The van der Waals surface area contributed by atoms with Crippen molar-refractivity contribution in [2.75, 3.05) is 0 Å². The molecule has 0 saturated heterocycles. The van der Waals surface area contributed by atoms with E-state index in [1.165, 1.54) is 38.5 Å². The monoisotopic (exact) mass is 167 g/mol. The van der Waals surface area contributed by atoms with Crippen LogP contribution in [0.5, 0.6) is 0 Å². The molecule has 0 aromatic carbocycles. The Balaban J connectivity index is 1.87. The predicted octanol–water partition coefficient (Wildman–Crippen LogP) is 2.55. The van der Waals surface area contributed by atoms with Gasteiger partial charge in [0.15, 0.2) is 0 Å². The predicted molar refractivity (Wildman–Crippen MR) is 51.8 cm³/mol. The third-order valence-electron chi connectivity index (χ3n) is 3.83. The van der Waals surface area contributed by atoms with Crippen LogP contribution in [0.25, 0.3) is 0 Å². The van der Waals surface area contributed by atoms with Gasteiger partial charge in [0.1, 0.15) is 0 Å². The van der Waals surface area contributed by atoms with Crippen molar-refractivity contribution in [2.24, 2.45) is 23.5 Å². The van der Waals surface area contributed by atoms with Gasteiger partial charge in [-0.3, -0.25) is 0 Å². The lowest BCUT2D eigenvalue weighted by molar-refractivity contribution is 0.126. The highest BCUT2D eigenvalue weighted by Crippen LogP contribution is 2.42. The average molecular weight is 167 g/mol. The van der Waals surface area contributed by atoms with Crippen molar-refractivity contribution >= 4 is 0 Å². The maximum atomic E-state index is 6.03. The van der Waals surface area contributed by atoms with Gasteiger partial charge in [0.2, 0.25) is 0 Å². The summed E-state index contributed by atoms with van der Waals surface area (Å²) in [5.74, 6) is 2.93. The SMILES string of the molecule is CC1CC(N)CC(C2CCC2)C1. The molecule has 0 aromatic heterocycles. The Hall–Kier alpha value is -0.0400. The van der Waals surface area contributed by atoms with Gasteiger partial charge in [-0.15, -0.1) is 0 Å². The summed E-state index contributed by atoms with van der Waals surface area (Å²) < 4.78 is 0. The zero-order valence-electron chi connectivity index (χ0n) is 8.13. The second-order valence-corrected chi connectivity index (χ2v) is 5.02. The van der Waals surface area contributed by atoms with Crippen LogP contribution < -0.4 is 5.73 Å². The molecule has 3 unspecified atom stereocenters. The van der Waals surface area contributed by atoms with Gasteiger partial charge in [-0.2, -0.15) is 0 Å². The molecule has 0 spiro atoms. The first-order chi connectivity index (χ1) is 5.75. The van der Waals surface area contributed by atoms with Gasteiger partial charge in [0, 0.05) is 6.04 Å². The molecular formula is C11H21N. The maximum absolute atomic E-state index is 6.03. The van der Waals surface area contributed by atoms with E-state index in [9.17, 15) is 0 Å². The van der Waals surface area contributed by atoms with E-state index in [4.69, 9.17) is 5.73 Å². The van der Waals surface area contributed by atoms with E-state index < -0.39 is 0 Å². The first kappa shape index (κ1) is 8.55. The van der Waals surface area contributed by atoms with Gasteiger partial charge < -0.3 is 5.73 Å². The molecule has 0 bridgehead atoms. The normalized spacial score (nSPS) is 44.0. The van der Waals surface area contributed by atoms with E-state index in [-0.39, 0.29) is 0 Å². The van der Waals surface area contributed by atoms with Crippen LogP contribution in [0.3, 0.4) is 0 Å². The van der Waals surface area contributed by atoms with Crippen molar-refractivity contribution < 1.29 is 0 Å². The van der Waals surface area contributed by atoms with Crippen LogP contribution in [0, 0.1) is 17.8 Å². The van der Waals surface area contributed by atoms with Crippen LogP contribution in [-0.4, -0.2) is 6.04 Å². The minimum Gasteiger partial charge on any atom is -0.328 e. The van der Waals surface area contributed by atoms with Crippen molar-refractivity contribution in [3.8, 4) is 0 Å². The fourth-order valence-corrected chi connectivity index (χ4v) is 3.01. The molecule has 2 saturated carbocycles. The molecule has 2 N–H and O–H groups in total. The Morgan fingerprint density at radius 3 is 2.25 bits per heavy atom.